The predicted molar refractivity (Wildman–Crippen MR) is 73.0 cm³/mol. The van der Waals surface area contributed by atoms with Gasteiger partial charge < -0.3 is 5.73 Å². The van der Waals surface area contributed by atoms with Crippen LogP contribution in [0.4, 0.5) is 0 Å². The van der Waals surface area contributed by atoms with Crippen LogP contribution in [0.3, 0.4) is 0 Å². The fourth-order valence-corrected chi connectivity index (χ4v) is 2.83. The van der Waals surface area contributed by atoms with Gasteiger partial charge >= 0.3 is 0 Å². The molecule has 0 amide bonds. The van der Waals surface area contributed by atoms with Crippen LogP contribution in [0.5, 0.6) is 0 Å². The van der Waals surface area contributed by atoms with Crippen molar-refractivity contribution in [2.75, 3.05) is 13.1 Å². The summed E-state index contributed by atoms with van der Waals surface area (Å²) in [6, 6.07) is 9.47. The van der Waals surface area contributed by atoms with Crippen molar-refractivity contribution in [3.63, 3.8) is 0 Å². The number of benzene rings is 1. The molecule has 1 aromatic rings. The minimum absolute atomic E-state index is 0.245. The third-order valence-corrected chi connectivity index (χ3v) is 3.79. The average Bonchev–Trinajstić information content (AvgIpc) is 2.83. The van der Waals surface area contributed by atoms with Gasteiger partial charge in [-0.15, -0.1) is 0 Å². The number of rotatable bonds is 4. The Morgan fingerprint density at radius 2 is 2.00 bits per heavy atom. The number of nitrogens with two attached hydrogens (primary N) is 1. The lowest BCUT2D eigenvalue weighted by atomic mass is 9.95. The predicted octanol–water partition coefficient (Wildman–Crippen LogP) is 2.87. The van der Waals surface area contributed by atoms with Crippen LogP contribution in [0.1, 0.15) is 43.4 Å². The van der Waals surface area contributed by atoms with Gasteiger partial charge in [-0.3, -0.25) is 4.90 Å². The molecular formula is C15H24N2. The molecule has 2 nitrogen and oxygen atoms in total. The van der Waals surface area contributed by atoms with Gasteiger partial charge in [0.25, 0.3) is 0 Å². The van der Waals surface area contributed by atoms with Crippen molar-refractivity contribution >= 4 is 0 Å². The Hall–Kier alpha value is -0.860. The van der Waals surface area contributed by atoms with Crippen molar-refractivity contribution in [3.05, 3.63) is 35.4 Å². The van der Waals surface area contributed by atoms with Crippen molar-refractivity contribution in [2.24, 2.45) is 5.73 Å². The van der Waals surface area contributed by atoms with E-state index in [9.17, 15) is 0 Å². The Morgan fingerprint density at radius 1 is 1.29 bits per heavy atom. The second-order valence-corrected chi connectivity index (χ2v) is 5.17. The molecule has 1 saturated heterocycles. The molecule has 2 unspecified atom stereocenters. The highest BCUT2D eigenvalue weighted by atomic mass is 15.2. The maximum Gasteiger partial charge on any atom is 0.0499 e. The Kier molecular flexibility index (Phi) is 4.19. The highest BCUT2D eigenvalue weighted by Gasteiger charge is 2.27. The average molecular weight is 232 g/mol. The van der Waals surface area contributed by atoms with E-state index in [0.717, 1.165) is 6.42 Å². The van der Waals surface area contributed by atoms with E-state index in [1.165, 1.54) is 37.1 Å². The molecule has 2 rings (SSSR count). The number of hydrogen-bond acceptors (Lipinski definition) is 2. The molecular weight excluding hydrogens is 208 g/mol. The lowest BCUT2D eigenvalue weighted by Crippen LogP contribution is -2.39. The van der Waals surface area contributed by atoms with Gasteiger partial charge in [-0.2, -0.15) is 0 Å². The second-order valence-electron chi connectivity index (χ2n) is 5.17. The summed E-state index contributed by atoms with van der Waals surface area (Å²) in [5.41, 5.74) is 9.06. The fourth-order valence-electron chi connectivity index (χ4n) is 2.83. The second kappa shape index (κ2) is 5.65. The van der Waals surface area contributed by atoms with Crippen LogP contribution < -0.4 is 5.73 Å². The minimum atomic E-state index is 0.245. The molecule has 0 spiro atoms. The third kappa shape index (κ3) is 2.88. The molecule has 0 aromatic heterocycles. The van der Waals surface area contributed by atoms with Crippen LogP contribution in [-0.4, -0.2) is 24.0 Å². The number of likely N-dealkylation sites (tertiary alicyclic amines) is 1. The van der Waals surface area contributed by atoms with Crippen LogP contribution >= 0.6 is 0 Å². The molecule has 1 aliphatic rings. The van der Waals surface area contributed by atoms with Gasteiger partial charge in [-0.1, -0.05) is 36.8 Å². The zero-order valence-electron chi connectivity index (χ0n) is 11.0. The maximum absolute atomic E-state index is 6.34. The molecule has 1 fully saturated rings. The first-order valence-electron chi connectivity index (χ1n) is 6.78. The topological polar surface area (TPSA) is 29.3 Å². The molecule has 0 bridgehead atoms. The monoisotopic (exact) mass is 232 g/mol. The van der Waals surface area contributed by atoms with E-state index in [-0.39, 0.29) is 6.04 Å². The van der Waals surface area contributed by atoms with Crippen LogP contribution in [0, 0.1) is 6.92 Å². The molecule has 2 atom stereocenters. The molecule has 0 aliphatic carbocycles. The summed E-state index contributed by atoms with van der Waals surface area (Å²) in [7, 11) is 0. The van der Waals surface area contributed by atoms with E-state index < -0.39 is 0 Å². The van der Waals surface area contributed by atoms with Gasteiger partial charge in [-0.05, 0) is 44.8 Å². The number of nitrogens with zero attached hydrogens (tertiary/aromatic N) is 1. The van der Waals surface area contributed by atoms with Crippen LogP contribution in [-0.2, 0) is 0 Å². The Balaban J connectivity index is 2.25. The molecule has 2 heteroatoms. The van der Waals surface area contributed by atoms with E-state index >= 15 is 0 Å². The molecule has 2 N–H and O–H groups in total. The summed E-state index contributed by atoms with van der Waals surface area (Å²) in [5.74, 6) is 0. The van der Waals surface area contributed by atoms with E-state index in [0.29, 0.717) is 6.04 Å². The molecule has 94 valence electrons. The highest BCUT2D eigenvalue weighted by Crippen LogP contribution is 2.28. The third-order valence-electron chi connectivity index (χ3n) is 3.79. The fraction of sp³-hybridized carbons (Fsp3) is 0.600. The normalized spacial score (nSPS) is 20.4. The number of hydrogen-bond donors (Lipinski definition) is 1. The SMILES string of the molecule is CCC(N)C(c1cccc(C)c1)N1CCCC1. The largest absolute Gasteiger partial charge is 0.326 e. The zero-order chi connectivity index (χ0) is 12.3. The van der Waals surface area contributed by atoms with E-state index in [1.807, 2.05) is 0 Å². The Morgan fingerprint density at radius 3 is 2.59 bits per heavy atom. The minimum Gasteiger partial charge on any atom is -0.326 e. The summed E-state index contributed by atoms with van der Waals surface area (Å²) in [6.07, 6.45) is 3.67. The van der Waals surface area contributed by atoms with Gasteiger partial charge in [0.15, 0.2) is 0 Å². The van der Waals surface area contributed by atoms with Gasteiger partial charge in [0, 0.05) is 12.1 Å². The molecule has 1 aromatic carbocycles. The Labute approximate surface area is 105 Å². The van der Waals surface area contributed by atoms with Crippen molar-refractivity contribution in [1.82, 2.24) is 4.90 Å². The molecule has 17 heavy (non-hydrogen) atoms. The first-order chi connectivity index (χ1) is 8.22. The molecule has 1 heterocycles. The zero-order valence-corrected chi connectivity index (χ0v) is 11.0. The summed E-state index contributed by atoms with van der Waals surface area (Å²) in [4.78, 5) is 2.56. The van der Waals surface area contributed by atoms with Crippen LogP contribution in [0.15, 0.2) is 24.3 Å². The van der Waals surface area contributed by atoms with Gasteiger partial charge in [0.1, 0.15) is 0 Å². The summed E-state index contributed by atoms with van der Waals surface area (Å²) < 4.78 is 0. The van der Waals surface area contributed by atoms with E-state index in [2.05, 4.69) is 43.0 Å². The first-order valence-corrected chi connectivity index (χ1v) is 6.78. The standard InChI is InChI=1S/C15H24N2/c1-3-14(16)15(17-9-4-5-10-17)13-8-6-7-12(2)11-13/h6-8,11,14-15H,3-5,9-10,16H2,1-2H3. The van der Waals surface area contributed by atoms with Gasteiger partial charge in [-0.25, -0.2) is 0 Å². The summed E-state index contributed by atoms with van der Waals surface area (Å²) in [5, 5.41) is 0. The van der Waals surface area contributed by atoms with Gasteiger partial charge in [0.05, 0.1) is 0 Å². The highest BCUT2D eigenvalue weighted by molar-refractivity contribution is 5.26. The summed E-state index contributed by atoms with van der Waals surface area (Å²) >= 11 is 0. The van der Waals surface area contributed by atoms with Crippen molar-refractivity contribution in [2.45, 2.75) is 45.2 Å². The van der Waals surface area contributed by atoms with Crippen molar-refractivity contribution in [1.29, 1.82) is 0 Å². The van der Waals surface area contributed by atoms with Crippen molar-refractivity contribution < 1.29 is 0 Å². The summed E-state index contributed by atoms with van der Waals surface area (Å²) in [6.45, 7) is 6.74. The van der Waals surface area contributed by atoms with Gasteiger partial charge in [0.2, 0.25) is 0 Å². The smallest absolute Gasteiger partial charge is 0.0499 e. The van der Waals surface area contributed by atoms with Crippen molar-refractivity contribution in [3.8, 4) is 0 Å². The Bertz CT molecular complexity index is 356. The van der Waals surface area contributed by atoms with E-state index in [4.69, 9.17) is 5.73 Å². The van der Waals surface area contributed by atoms with E-state index in [1.54, 1.807) is 0 Å². The lowest BCUT2D eigenvalue weighted by Gasteiger charge is -2.32. The first kappa shape index (κ1) is 12.6. The molecule has 1 aliphatic heterocycles. The quantitative estimate of drug-likeness (QED) is 0.865. The van der Waals surface area contributed by atoms with Crippen LogP contribution in [0.2, 0.25) is 0 Å². The lowest BCUT2D eigenvalue weighted by molar-refractivity contribution is 0.209. The number of aryl methyl sites for hydroxylation is 1. The van der Waals surface area contributed by atoms with Crippen LogP contribution in [0.25, 0.3) is 0 Å². The molecule has 0 radical (unpaired) electrons. The molecule has 0 saturated carbocycles. The maximum atomic E-state index is 6.34.